The molecule has 0 saturated carbocycles. The smallest absolute Gasteiger partial charge is 0.123 e. The van der Waals surface area contributed by atoms with E-state index in [2.05, 4.69) is 176 Å². The lowest BCUT2D eigenvalue weighted by atomic mass is 9.82. The van der Waals surface area contributed by atoms with E-state index in [1.165, 1.54) is 50.9 Å². The molecule has 0 unspecified atom stereocenters. The Bertz CT molecular complexity index is 2540. The molecule has 0 radical (unpaired) electrons. The van der Waals surface area contributed by atoms with Crippen molar-refractivity contribution >= 4 is 28.0 Å². The molecule has 1 aliphatic rings. The highest BCUT2D eigenvalue weighted by atomic mass is 19.1. The van der Waals surface area contributed by atoms with Gasteiger partial charge in [-0.3, -0.25) is 0 Å². The Hall–Kier alpha value is -6.19. The molecule has 1 aliphatic carbocycles. The number of aromatic nitrogens is 1. The van der Waals surface area contributed by atoms with E-state index in [0.717, 1.165) is 45.0 Å². The number of fused-ring (bicyclic) bond motifs is 4. The van der Waals surface area contributed by atoms with Crippen LogP contribution in [0.3, 0.4) is 0 Å². The molecule has 1 heterocycles. The minimum Gasteiger partial charge on any atom is -0.343 e. The number of aryl methyl sites for hydroxylation is 1. The predicted molar refractivity (Wildman–Crippen MR) is 211 cm³/mol. The second-order valence-electron chi connectivity index (χ2n) is 14.0. The van der Waals surface area contributed by atoms with Gasteiger partial charge in [0.2, 0.25) is 0 Å². The van der Waals surface area contributed by atoms with E-state index < -0.39 is 0 Å². The Kier molecular flexibility index (Phi) is 7.25. The van der Waals surface area contributed by atoms with Crippen molar-refractivity contribution in [1.82, 2.24) is 4.57 Å². The number of para-hydroxylation sites is 1. The first-order valence-corrected chi connectivity index (χ1v) is 17.5. The quantitative estimate of drug-likeness (QED) is 0.172. The molecule has 0 amide bonds. The summed E-state index contributed by atoms with van der Waals surface area (Å²) in [5, 5.41) is 1.17. The zero-order valence-electron chi connectivity index (χ0n) is 28.9. The third-order valence-corrected chi connectivity index (χ3v) is 10.7. The fraction of sp³-hybridized carbons (Fsp3) is 0.0833. The summed E-state index contributed by atoms with van der Waals surface area (Å²) in [6.07, 6.45) is 0. The number of benzene rings is 7. The van der Waals surface area contributed by atoms with E-state index >= 15 is 0 Å². The Morgan fingerprint density at radius 2 is 1.04 bits per heavy atom. The number of nitrogens with zero attached hydrogens (tertiary/aromatic N) is 2. The van der Waals surface area contributed by atoms with Crippen LogP contribution in [0.1, 0.15) is 25.0 Å². The first-order chi connectivity index (χ1) is 24.9. The largest absolute Gasteiger partial charge is 0.343 e. The number of halogens is 1. The predicted octanol–water partition coefficient (Wildman–Crippen LogP) is 13.1. The maximum absolute atomic E-state index is 14.0. The van der Waals surface area contributed by atoms with Crippen molar-refractivity contribution in [1.29, 1.82) is 0 Å². The van der Waals surface area contributed by atoms with Gasteiger partial charge >= 0.3 is 0 Å². The van der Waals surface area contributed by atoms with E-state index in [4.69, 9.17) is 0 Å². The summed E-state index contributed by atoms with van der Waals surface area (Å²) in [5.74, 6) is -0.237. The van der Waals surface area contributed by atoms with Crippen LogP contribution in [0.25, 0.3) is 55.5 Å². The zero-order valence-corrected chi connectivity index (χ0v) is 28.9. The summed E-state index contributed by atoms with van der Waals surface area (Å²) < 4.78 is 16.2. The Morgan fingerprint density at radius 1 is 0.490 bits per heavy atom. The van der Waals surface area contributed by atoms with Gasteiger partial charge in [-0.25, -0.2) is 4.39 Å². The summed E-state index contributed by atoms with van der Waals surface area (Å²) in [6, 6.07) is 59.3. The zero-order chi connectivity index (χ0) is 34.7. The number of anilines is 3. The molecule has 7 aromatic carbocycles. The molecular formula is C48H37FN2. The van der Waals surface area contributed by atoms with Crippen LogP contribution in [0.4, 0.5) is 21.5 Å². The molecule has 2 nitrogen and oxygen atoms in total. The molecule has 3 heteroatoms. The van der Waals surface area contributed by atoms with Gasteiger partial charge in [-0.15, -0.1) is 0 Å². The third-order valence-electron chi connectivity index (χ3n) is 10.7. The van der Waals surface area contributed by atoms with Gasteiger partial charge in [0.05, 0.1) is 5.69 Å². The fourth-order valence-corrected chi connectivity index (χ4v) is 8.12. The first kappa shape index (κ1) is 30.8. The number of rotatable bonds is 6. The molecular weight excluding hydrogens is 624 g/mol. The van der Waals surface area contributed by atoms with E-state index in [-0.39, 0.29) is 11.2 Å². The molecule has 0 aliphatic heterocycles. The molecule has 246 valence electrons. The molecule has 0 fully saturated rings. The fourth-order valence-electron chi connectivity index (χ4n) is 8.12. The Morgan fingerprint density at radius 3 is 1.76 bits per heavy atom. The van der Waals surface area contributed by atoms with Gasteiger partial charge in [0.15, 0.2) is 0 Å². The Labute approximate surface area is 298 Å². The van der Waals surface area contributed by atoms with Gasteiger partial charge in [-0.2, -0.15) is 0 Å². The first-order valence-electron chi connectivity index (χ1n) is 17.5. The van der Waals surface area contributed by atoms with Crippen molar-refractivity contribution in [2.45, 2.75) is 19.3 Å². The third kappa shape index (κ3) is 5.08. The summed E-state index contributed by atoms with van der Waals surface area (Å²) in [6.45, 7) is 4.66. The van der Waals surface area contributed by atoms with Crippen LogP contribution in [0.15, 0.2) is 170 Å². The normalized spacial score (nSPS) is 12.9. The highest BCUT2D eigenvalue weighted by Gasteiger charge is 2.35. The van der Waals surface area contributed by atoms with Gasteiger partial charge in [0, 0.05) is 46.0 Å². The lowest BCUT2D eigenvalue weighted by Gasteiger charge is -2.28. The van der Waals surface area contributed by atoms with E-state index in [0.29, 0.717) is 0 Å². The van der Waals surface area contributed by atoms with Gasteiger partial charge in [-0.05, 0) is 111 Å². The van der Waals surface area contributed by atoms with Crippen LogP contribution in [0.2, 0.25) is 0 Å². The van der Waals surface area contributed by atoms with Crippen molar-refractivity contribution in [3.8, 4) is 44.6 Å². The molecule has 1 aromatic heterocycles. The van der Waals surface area contributed by atoms with Crippen LogP contribution in [-0.2, 0) is 12.5 Å². The molecule has 8 aromatic rings. The molecule has 0 spiro atoms. The molecule has 9 rings (SSSR count). The summed E-state index contributed by atoms with van der Waals surface area (Å²) in [5.41, 5.74) is 16.3. The number of hydrogen-bond donors (Lipinski definition) is 0. The van der Waals surface area contributed by atoms with Crippen molar-refractivity contribution in [2.24, 2.45) is 7.05 Å². The van der Waals surface area contributed by atoms with Crippen molar-refractivity contribution in [3.63, 3.8) is 0 Å². The maximum atomic E-state index is 14.0. The van der Waals surface area contributed by atoms with Crippen LogP contribution in [0.5, 0.6) is 0 Å². The molecule has 0 bridgehead atoms. The van der Waals surface area contributed by atoms with Crippen LogP contribution >= 0.6 is 0 Å². The van der Waals surface area contributed by atoms with Gasteiger partial charge < -0.3 is 9.47 Å². The van der Waals surface area contributed by atoms with E-state index in [1.807, 2.05) is 12.1 Å². The lowest BCUT2D eigenvalue weighted by molar-refractivity contribution is 0.628. The molecule has 51 heavy (non-hydrogen) atoms. The number of hydrogen-bond acceptors (Lipinski definition) is 1. The SMILES string of the molecule is Cn1c(-c2ccc(F)cc2)c(-c2ccc(N(c3ccc(-c4ccccc4)cc3)c3ccc4c(c3)C(C)(C)c3ccccc3-4)cc2)c2ccccc21. The minimum absolute atomic E-state index is 0.111. The van der Waals surface area contributed by atoms with Crippen molar-refractivity contribution < 1.29 is 4.39 Å². The highest BCUT2D eigenvalue weighted by Crippen LogP contribution is 2.51. The minimum atomic E-state index is -0.237. The van der Waals surface area contributed by atoms with Gasteiger partial charge in [0.1, 0.15) is 5.82 Å². The monoisotopic (exact) mass is 660 g/mol. The average molecular weight is 661 g/mol. The maximum Gasteiger partial charge on any atom is 0.123 e. The standard InChI is InChI=1S/C48H37FN2/c1-48(2)43-15-9-7-13-40(43)41-30-29-39(31-44(41)48)51(37-25-19-33(20-26-37)32-11-5-4-6-12-32)38-27-21-34(22-28-38)46-42-14-8-10-16-45(42)50(3)47(46)35-17-23-36(49)24-18-35/h4-31H,1-3H3. The van der Waals surface area contributed by atoms with E-state index in [9.17, 15) is 4.39 Å². The molecule has 0 atom stereocenters. The van der Waals surface area contributed by atoms with Crippen molar-refractivity contribution in [2.75, 3.05) is 4.90 Å². The summed E-state index contributed by atoms with van der Waals surface area (Å²) in [4.78, 5) is 2.36. The van der Waals surface area contributed by atoms with Crippen molar-refractivity contribution in [3.05, 3.63) is 187 Å². The Balaban J connectivity index is 1.18. The van der Waals surface area contributed by atoms with Gasteiger partial charge in [-0.1, -0.05) is 117 Å². The lowest BCUT2D eigenvalue weighted by Crippen LogP contribution is -2.16. The second-order valence-corrected chi connectivity index (χ2v) is 14.0. The molecule has 0 saturated heterocycles. The van der Waals surface area contributed by atoms with Crippen LogP contribution in [-0.4, -0.2) is 4.57 Å². The summed E-state index contributed by atoms with van der Waals surface area (Å²) in [7, 11) is 2.09. The summed E-state index contributed by atoms with van der Waals surface area (Å²) >= 11 is 0. The molecule has 0 N–H and O–H groups in total. The van der Waals surface area contributed by atoms with Gasteiger partial charge in [0.25, 0.3) is 0 Å². The second kappa shape index (κ2) is 12.0. The van der Waals surface area contributed by atoms with E-state index in [1.54, 1.807) is 0 Å². The van der Waals surface area contributed by atoms with Crippen LogP contribution < -0.4 is 4.90 Å². The average Bonchev–Trinajstić information content (AvgIpc) is 3.60. The van der Waals surface area contributed by atoms with Crippen LogP contribution in [0, 0.1) is 5.82 Å². The topological polar surface area (TPSA) is 8.17 Å². The highest BCUT2D eigenvalue weighted by molar-refractivity contribution is 6.04.